The van der Waals surface area contributed by atoms with E-state index in [9.17, 15) is 4.79 Å². The second-order valence-electron chi connectivity index (χ2n) is 4.53. The number of allylic oxidation sites excluding steroid dienone is 2. The summed E-state index contributed by atoms with van der Waals surface area (Å²) >= 11 is 0. The highest BCUT2D eigenvalue weighted by Gasteiger charge is 2.10. The van der Waals surface area contributed by atoms with E-state index >= 15 is 0 Å². The van der Waals surface area contributed by atoms with E-state index < -0.39 is 0 Å². The molecule has 102 valence electrons. The topological polar surface area (TPSA) is 67.5 Å². The van der Waals surface area contributed by atoms with Crippen molar-refractivity contribution in [2.24, 2.45) is 16.6 Å². The third-order valence-corrected chi connectivity index (χ3v) is 2.47. The van der Waals surface area contributed by atoms with Gasteiger partial charge in [0.25, 0.3) is 5.91 Å². The van der Waals surface area contributed by atoms with Crippen LogP contribution < -0.4 is 11.1 Å². The van der Waals surface area contributed by atoms with Crippen molar-refractivity contribution in [1.29, 1.82) is 0 Å². The van der Waals surface area contributed by atoms with E-state index in [1.807, 2.05) is 27.0 Å². The molecule has 1 atom stereocenters. The molecular formula is C14H25N3O. The van der Waals surface area contributed by atoms with Crippen LogP contribution in [0, 0.1) is 5.92 Å². The summed E-state index contributed by atoms with van der Waals surface area (Å²) in [5.41, 5.74) is 6.96. The van der Waals surface area contributed by atoms with Gasteiger partial charge >= 0.3 is 0 Å². The molecule has 0 aromatic carbocycles. The molecule has 0 fully saturated rings. The third-order valence-electron chi connectivity index (χ3n) is 2.47. The molecule has 0 aliphatic rings. The highest BCUT2D eigenvalue weighted by atomic mass is 16.2. The van der Waals surface area contributed by atoms with Crippen molar-refractivity contribution in [3.63, 3.8) is 0 Å². The van der Waals surface area contributed by atoms with Crippen LogP contribution in [0.25, 0.3) is 0 Å². The van der Waals surface area contributed by atoms with Crippen molar-refractivity contribution in [3.05, 3.63) is 23.2 Å². The maximum absolute atomic E-state index is 12.0. The van der Waals surface area contributed by atoms with Crippen LogP contribution >= 0.6 is 0 Å². The quantitative estimate of drug-likeness (QED) is 0.563. The molecule has 0 saturated carbocycles. The normalized spacial score (nSPS) is 13.5. The number of aliphatic imine (C=N–C) groups is 1. The lowest BCUT2D eigenvalue weighted by Gasteiger charge is -2.08. The van der Waals surface area contributed by atoms with Crippen molar-refractivity contribution < 1.29 is 4.79 Å². The second-order valence-corrected chi connectivity index (χ2v) is 4.53. The van der Waals surface area contributed by atoms with Crippen LogP contribution in [-0.2, 0) is 4.79 Å². The first-order valence-corrected chi connectivity index (χ1v) is 6.40. The van der Waals surface area contributed by atoms with Crippen LogP contribution in [0.1, 0.15) is 47.5 Å². The third kappa shape index (κ3) is 6.23. The summed E-state index contributed by atoms with van der Waals surface area (Å²) in [7, 11) is 0. The number of carbonyl (C=O) groups is 1. The van der Waals surface area contributed by atoms with Gasteiger partial charge in [-0.25, -0.2) is 0 Å². The Bertz CT molecular complexity index is 363. The maximum Gasteiger partial charge on any atom is 0.275 e. The average Bonchev–Trinajstić information content (AvgIpc) is 2.28. The van der Waals surface area contributed by atoms with Gasteiger partial charge in [-0.2, -0.15) is 0 Å². The maximum atomic E-state index is 12.0. The zero-order valence-corrected chi connectivity index (χ0v) is 12.1. The molecule has 0 saturated heterocycles. The molecule has 3 N–H and O–H groups in total. The van der Waals surface area contributed by atoms with Gasteiger partial charge in [-0.3, -0.25) is 9.79 Å². The summed E-state index contributed by atoms with van der Waals surface area (Å²) in [5.74, 6) is 0.479. The van der Waals surface area contributed by atoms with Gasteiger partial charge in [-0.15, -0.1) is 0 Å². The van der Waals surface area contributed by atoms with E-state index in [1.165, 1.54) is 0 Å². The summed E-state index contributed by atoms with van der Waals surface area (Å²) in [6.45, 7) is 9.84. The van der Waals surface area contributed by atoms with E-state index in [2.05, 4.69) is 24.2 Å². The standard InChI is InChI=1S/C14H25N3O/c1-6-8-12(15)17-14(18)13(10(3)4)16-9-11(5)7-2/h8-9,11H,6-7,15H2,1-5H3,(H,17,18)/b12-8+,16-9?. The number of hydrogen-bond acceptors (Lipinski definition) is 3. The second kappa shape index (κ2) is 8.50. The summed E-state index contributed by atoms with van der Waals surface area (Å²) < 4.78 is 0. The molecule has 18 heavy (non-hydrogen) atoms. The number of carbonyl (C=O) groups excluding carboxylic acids is 1. The van der Waals surface area contributed by atoms with Crippen LogP contribution in [-0.4, -0.2) is 12.1 Å². The van der Waals surface area contributed by atoms with Gasteiger partial charge in [0.05, 0.1) is 5.82 Å². The van der Waals surface area contributed by atoms with Crippen molar-refractivity contribution in [1.82, 2.24) is 5.32 Å². The Labute approximate surface area is 110 Å². The summed E-state index contributed by atoms with van der Waals surface area (Å²) in [4.78, 5) is 16.2. The number of rotatable bonds is 6. The number of nitrogens with zero attached hydrogens (tertiary/aromatic N) is 1. The van der Waals surface area contributed by atoms with Crippen LogP contribution in [0.15, 0.2) is 28.2 Å². The Hall–Kier alpha value is -1.58. The number of amides is 1. The molecule has 0 spiro atoms. The molecule has 0 aliphatic carbocycles. The van der Waals surface area contributed by atoms with E-state index in [4.69, 9.17) is 5.73 Å². The zero-order chi connectivity index (χ0) is 14.1. The van der Waals surface area contributed by atoms with Crippen molar-refractivity contribution in [3.8, 4) is 0 Å². The SMILES string of the molecule is CC/C=C(\N)NC(=O)C(N=CC(C)CC)=C(C)C. The van der Waals surface area contributed by atoms with Gasteiger partial charge < -0.3 is 11.1 Å². The molecule has 4 heteroatoms. The van der Waals surface area contributed by atoms with Crippen LogP contribution in [0.4, 0.5) is 0 Å². The van der Waals surface area contributed by atoms with Crippen LogP contribution in [0.2, 0.25) is 0 Å². The van der Waals surface area contributed by atoms with E-state index in [0.29, 0.717) is 17.4 Å². The van der Waals surface area contributed by atoms with E-state index in [0.717, 1.165) is 18.4 Å². The largest absolute Gasteiger partial charge is 0.385 e. The number of nitrogens with two attached hydrogens (primary N) is 1. The molecule has 0 radical (unpaired) electrons. The number of hydrogen-bond donors (Lipinski definition) is 2. The van der Waals surface area contributed by atoms with Gasteiger partial charge in [-0.05, 0) is 44.3 Å². The fourth-order valence-corrected chi connectivity index (χ4v) is 1.18. The van der Waals surface area contributed by atoms with Crippen LogP contribution in [0.5, 0.6) is 0 Å². The average molecular weight is 251 g/mol. The zero-order valence-electron chi connectivity index (χ0n) is 12.1. The van der Waals surface area contributed by atoms with Gasteiger partial charge in [0.2, 0.25) is 0 Å². The molecule has 0 bridgehead atoms. The lowest BCUT2D eigenvalue weighted by atomic mass is 10.1. The molecule has 0 aliphatic heterocycles. The molecule has 4 nitrogen and oxygen atoms in total. The van der Waals surface area contributed by atoms with Crippen molar-refractivity contribution >= 4 is 12.1 Å². The predicted molar refractivity (Wildman–Crippen MR) is 77.0 cm³/mol. The Balaban J connectivity index is 4.84. The highest BCUT2D eigenvalue weighted by Crippen LogP contribution is 2.07. The van der Waals surface area contributed by atoms with Gasteiger partial charge in [0, 0.05) is 6.21 Å². The fraction of sp³-hybridized carbons (Fsp3) is 0.571. The van der Waals surface area contributed by atoms with Gasteiger partial charge in [-0.1, -0.05) is 20.8 Å². The van der Waals surface area contributed by atoms with Crippen molar-refractivity contribution in [2.45, 2.75) is 47.5 Å². The molecular weight excluding hydrogens is 226 g/mol. The van der Waals surface area contributed by atoms with Crippen LogP contribution in [0.3, 0.4) is 0 Å². The van der Waals surface area contributed by atoms with E-state index in [1.54, 1.807) is 6.08 Å². The summed E-state index contributed by atoms with van der Waals surface area (Å²) in [6.07, 6.45) is 5.35. The summed E-state index contributed by atoms with van der Waals surface area (Å²) in [6, 6.07) is 0. The Morgan fingerprint density at radius 2 is 2.00 bits per heavy atom. The molecule has 0 aromatic heterocycles. The molecule has 0 aromatic rings. The first-order chi connectivity index (χ1) is 8.42. The predicted octanol–water partition coefficient (Wildman–Crippen LogP) is 2.72. The Morgan fingerprint density at radius 1 is 1.39 bits per heavy atom. The molecule has 0 rings (SSSR count). The van der Waals surface area contributed by atoms with Gasteiger partial charge in [0.1, 0.15) is 5.70 Å². The summed E-state index contributed by atoms with van der Waals surface area (Å²) in [5, 5.41) is 2.63. The lowest BCUT2D eigenvalue weighted by Crippen LogP contribution is -2.28. The molecule has 0 heterocycles. The minimum atomic E-state index is -0.253. The highest BCUT2D eigenvalue weighted by molar-refractivity contribution is 5.96. The molecule has 1 amide bonds. The minimum absolute atomic E-state index is 0.253. The monoisotopic (exact) mass is 251 g/mol. The van der Waals surface area contributed by atoms with Gasteiger partial charge in [0.15, 0.2) is 0 Å². The Morgan fingerprint density at radius 3 is 2.44 bits per heavy atom. The Kier molecular flexibility index (Phi) is 7.76. The fourth-order valence-electron chi connectivity index (χ4n) is 1.18. The lowest BCUT2D eigenvalue weighted by molar-refractivity contribution is -0.116. The number of nitrogens with one attached hydrogen (secondary N) is 1. The minimum Gasteiger partial charge on any atom is -0.385 e. The smallest absolute Gasteiger partial charge is 0.275 e. The first-order valence-electron chi connectivity index (χ1n) is 6.40. The molecule has 1 unspecified atom stereocenters. The van der Waals surface area contributed by atoms with E-state index in [-0.39, 0.29) is 5.91 Å². The first kappa shape index (κ1) is 16.4. The van der Waals surface area contributed by atoms with Crippen molar-refractivity contribution in [2.75, 3.05) is 0 Å².